The molecule has 1 aromatic heterocycles. The molecular formula is C13H20N2O2. The summed E-state index contributed by atoms with van der Waals surface area (Å²) < 4.78 is 0. The quantitative estimate of drug-likeness (QED) is 0.745. The number of nitrogens with zero attached hydrogens (tertiary/aromatic N) is 1. The van der Waals surface area contributed by atoms with Crippen molar-refractivity contribution in [1.82, 2.24) is 4.98 Å². The molecule has 0 amide bonds. The van der Waals surface area contributed by atoms with E-state index < -0.39 is 5.97 Å². The number of carboxylic acid groups (broad SMARTS) is 1. The average Bonchev–Trinajstić information content (AvgIpc) is 2.23. The van der Waals surface area contributed by atoms with Crippen molar-refractivity contribution in [2.24, 2.45) is 5.92 Å². The molecule has 0 aliphatic rings. The van der Waals surface area contributed by atoms with E-state index in [1.807, 2.05) is 0 Å². The fraction of sp³-hybridized carbons (Fsp3) is 0.538. The molecule has 0 bridgehead atoms. The molecule has 0 unspecified atom stereocenters. The highest BCUT2D eigenvalue weighted by molar-refractivity contribution is 5.89. The van der Waals surface area contributed by atoms with Crippen molar-refractivity contribution in [2.45, 2.75) is 33.6 Å². The lowest BCUT2D eigenvalue weighted by Crippen LogP contribution is -2.07. The summed E-state index contributed by atoms with van der Waals surface area (Å²) in [5, 5.41) is 12.1. The maximum Gasteiger partial charge on any atom is 0.337 e. The zero-order valence-corrected chi connectivity index (χ0v) is 10.7. The van der Waals surface area contributed by atoms with E-state index in [0.29, 0.717) is 11.6 Å². The summed E-state index contributed by atoms with van der Waals surface area (Å²) in [5.41, 5.74) is 0.809. The fourth-order valence-electron chi connectivity index (χ4n) is 1.61. The molecule has 1 aromatic rings. The first-order valence-electron chi connectivity index (χ1n) is 5.95. The molecule has 0 radical (unpaired) electrons. The lowest BCUT2D eigenvalue weighted by Gasteiger charge is -2.08. The number of carbonyl (C=O) groups is 1. The largest absolute Gasteiger partial charge is 0.478 e. The van der Waals surface area contributed by atoms with Crippen LogP contribution in [0, 0.1) is 12.8 Å². The molecule has 0 spiro atoms. The Morgan fingerprint density at radius 1 is 1.47 bits per heavy atom. The standard InChI is InChI=1S/C13H20N2O2/c1-9(2)5-4-8-14-12-7-6-11(13(16)17)10(3)15-12/h6-7,9H,4-5,8H2,1-3H3,(H,14,15)(H,16,17). The Balaban J connectivity index is 2.50. The number of hydrogen-bond acceptors (Lipinski definition) is 3. The van der Waals surface area contributed by atoms with Gasteiger partial charge in [-0.15, -0.1) is 0 Å². The molecule has 1 rings (SSSR count). The van der Waals surface area contributed by atoms with Gasteiger partial charge in [0.25, 0.3) is 0 Å². The topological polar surface area (TPSA) is 62.2 Å². The van der Waals surface area contributed by atoms with E-state index in [0.717, 1.165) is 18.8 Å². The molecule has 4 nitrogen and oxygen atoms in total. The minimum atomic E-state index is -0.929. The lowest BCUT2D eigenvalue weighted by atomic mass is 10.1. The summed E-state index contributed by atoms with van der Waals surface area (Å²) in [6.45, 7) is 6.98. The van der Waals surface area contributed by atoms with E-state index in [1.165, 1.54) is 6.42 Å². The smallest absolute Gasteiger partial charge is 0.337 e. The zero-order valence-electron chi connectivity index (χ0n) is 10.7. The third kappa shape index (κ3) is 4.43. The van der Waals surface area contributed by atoms with E-state index in [4.69, 9.17) is 5.11 Å². The molecule has 94 valence electrons. The van der Waals surface area contributed by atoms with Crippen molar-refractivity contribution in [3.8, 4) is 0 Å². The second kappa shape index (κ2) is 6.23. The molecule has 17 heavy (non-hydrogen) atoms. The van der Waals surface area contributed by atoms with Gasteiger partial charge in [-0.25, -0.2) is 9.78 Å². The van der Waals surface area contributed by atoms with Gasteiger partial charge < -0.3 is 10.4 Å². The number of hydrogen-bond donors (Lipinski definition) is 2. The van der Waals surface area contributed by atoms with Crippen LogP contribution in [0.25, 0.3) is 0 Å². The summed E-state index contributed by atoms with van der Waals surface area (Å²) in [4.78, 5) is 15.0. The molecule has 2 N–H and O–H groups in total. The first kappa shape index (κ1) is 13.5. The third-order valence-electron chi connectivity index (χ3n) is 2.58. The highest BCUT2D eigenvalue weighted by Crippen LogP contribution is 2.11. The van der Waals surface area contributed by atoms with E-state index in [2.05, 4.69) is 24.1 Å². The van der Waals surface area contributed by atoms with Gasteiger partial charge in [0.2, 0.25) is 0 Å². The first-order chi connectivity index (χ1) is 8.00. The summed E-state index contributed by atoms with van der Waals surface area (Å²) in [6.07, 6.45) is 2.28. The number of rotatable bonds is 6. The zero-order chi connectivity index (χ0) is 12.8. The number of aromatic nitrogens is 1. The van der Waals surface area contributed by atoms with Gasteiger partial charge in [-0.3, -0.25) is 0 Å². The molecule has 4 heteroatoms. The number of aromatic carboxylic acids is 1. The van der Waals surface area contributed by atoms with Gasteiger partial charge >= 0.3 is 5.97 Å². The minimum Gasteiger partial charge on any atom is -0.478 e. The van der Waals surface area contributed by atoms with Gasteiger partial charge in [0.1, 0.15) is 5.82 Å². The van der Waals surface area contributed by atoms with Crippen LogP contribution in [0.5, 0.6) is 0 Å². The van der Waals surface area contributed by atoms with Crippen molar-refractivity contribution >= 4 is 11.8 Å². The van der Waals surface area contributed by atoms with Crippen molar-refractivity contribution in [3.05, 3.63) is 23.4 Å². The van der Waals surface area contributed by atoms with E-state index in [1.54, 1.807) is 19.1 Å². The second-order valence-electron chi connectivity index (χ2n) is 4.60. The number of pyridine rings is 1. The van der Waals surface area contributed by atoms with Crippen LogP contribution in [0.15, 0.2) is 12.1 Å². The Morgan fingerprint density at radius 3 is 2.71 bits per heavy atom. The molecule has 0 aromatic carbocycles. The van der Waals surface area contributed by atoms with E-state index >= 15 is 0 Å². The number of anilines is 1. The highest BCUT2D eigenvalue weighted by atomic mass is 16.4. The van der Waals surface area contributed by atoms with E-state index in [9.17, 15) is 4.79 Å². The third-order valence-corrected chi connectivity index (χ3v) is 2.58. The Hall–Kier alpha value is -1.58. The molecule has 0 aliphatic carbocycles. The SMILES string of the molecule is Cc1nc(NCCCC(C)C)ccc1C(=O)O. The van der Waals surface area contributed by atoms with Crippen LogP contribution in [0.1, 0.15) is 42.7 Å². The lowest BCUT2D eigenvalue weighted by molar-refractivity contribution is 0.0695. The van der Waals surface area contributed by atoms with Crippen LogP contribution < -0.4 is 5.32 Å². The van der Waals surface area contributed by atoms with Gasteiger partial charge in [0.05, 0.1) is 11.3 Å². The molecular weight excluding hydrogens is 216 g/mol. The predicted octanol–water partition coefficient (Wildman–Crippen LogP) is 2.94. The molecule has 0 fully saturated rings. The monoisotopic (exact) mass is 236 g/mol. The van der Waals surface area contributed by atoms with Crippen LogP contribution >= 0.6 is 0 Å². The Morgan fingerprint density at radius 2 is 2.18 bits per heavy atom. The van der Waals surface area contributed by atoms with Gasteiger partial charge in [-0.2, -0.15) is 0 Å². The second-order valence-corrected chi connectivity index (χ2v) is 4.60. The maximum absolute atomic E-state index is 10.8. The number of nitrogens with one attached hydrogen (secondary N) is 1. The molecule has 0 atom stereocenters. The minimum absolute atomic E-state index is 0.262. The average molecular weight is 236 g/mol. The van der Waals surface area contributed by atoms with Gasteiger partial charge in [-0.1, -0.05) is 13.8 Å². The predicted molar refractivity (Wildman–Crippen MR) is 68.5 cm³/mol. The van der Waals surface area contributed by atoms with Crippen molar-refractivity contribution < 1.29 is 9.90 Å². The van der Waals surface area contributed by atoms with Crippen LogP contribution in [0.3, 0.4) is 0 Å². The molecule has 0 aliphatic heterocycles. The summed E-state index contributed by atoms with van der Waals surface area (Å²) in [7, 11) is 0. The Bertz CT molecular complexity index is 389. The van der Waals surface area contributed by atoms with E-state index in [-0.39, 0.29) is 5.56 Å². The summed E-state index contributed by atoms with van der Waals surface area (Å²) in [6, 6.07) is 3.31. The molecule has 0 saturated carbocycles. The van der Waals surface area contributed by atoms with Crippen LogP contribution in [-0.2, 0) is 0 Å². The number of carboxylic acids is 1. The van der Waals surface area contributed by atoms with Crippen molar-refractivity contribution in [1.29, 1.82) is 0 Å². The fourth-order valence-corrected chi connectivity index (χ4v) is 1.61. The van der Waals surface area contributed by atoms with Gasteiger partial charge in [0, 0.05) is 6.54 Å². The van der Waals surface area contributed by atoms with Crippen LogP contribution in [0.4, 0.5) is 5.82 Å². The van der Waals surface area contributed by atoms with Gasteiger partial charge in [0.15, 0.2) is 0 Å². The van der Waals surface area contributed by atoms with Crippen LogP contribution in [0.2, 0.25) is 0 Å². The van der Waals surface area contributed by atoms with Crippen LogP contribution in [-0.4, -0.2) is 22.6 Å². The first-order valence-corrected chi connectivity index (χ1v) is 5.95. The summed E-state index contributed by atoms with van der Waals surface area (Å²) >= 11 is 0. The Kier molecular flexibility index (Phi) is 4.94. The van der Waals surface area contributed by atoms with Gasteiger partial charge in [-0.05, 0) is 37.8 Å². The maximum atomic E-state index is 10.8. The molecule has 0 saturated heterocycles. The number of aryl methyl sites for hydroxylation is 1. The Labute approximate surface area is 102 Å². The normalized spacial score (nSPS) is 10.6. The summed E-state index contributed by atoms with van der Waals surface area (Å²) in [5.74, 6) is 0.526. The van der Waals surface area contributed by atoms with Crippen molar-refractivity contribution in [3.63, 3.8) is 0 Å². The highest BCUT2D eigenvalue weighted by Gasteiger charge is 2.08. The van der Waals surface area contributed by atoms with Crippen molar-refractivity contribution in [2.75, 3.05) is 11.9 Å². The molecule has 1 heterocycles.